The van der Waals surface area contributed by atoms with E-state index in [4.69, 9.17) is 27.9 Å². The van der Waals surface area contributed by atoms with Crippen LogP contribution in [0.2, 0.25) is 10.0 Å². The molecule has 2 N–H and O–H groups in total. The zero-order valence-corrected chi connectivity index (χ0v) is 19.6. The fourth-order valence-corrected chi connectivity index (χ4v) is 3.84. The summed E-state index contributed by atoms with van der Waals surface area (Å²) in [5.74, 6) is 1.28. The van der Waals surface area contributed by atoms with Gasteiger partial charge in [0.1, 0.15) is 0 Å². The van der Waals surface area contributed by atoms with Gasteiger partial charge in [-0.05, 0) is 40.6 Å². The lowest BCUT2D eigenvalue weighted by atomic mass is 10.1. The summed E-state index contributed by atoms with van der Waals surface area (Å²) in [6.45, 7) is 2.64. The van der Waals surface area contributed by atoms with Gasteiger partial charge in [-0.1, -0.05) is 59.6 Å². The van der Waals surface area contributed by atoms with Crippen LogP contribution in [0.4, 0.5) is 23.5 Å². The standard InChI is InChI=1S/C24H21Cl2N7O/c25-20-8-5-16(13-21(20)26)15-27-32-23-29-22(30-24(31-23)33-9-11-34-12-10-33)28-19-7-6-17-3-1-2-4-18(17)14-19/h1-8,13-15H,9-12H2,(H2,28,29,30,31,32). The predicted octanol–water partition coefficient (Wildman–Crippen LogP) is 5.36. The summed E-state index contributed by atoms with van der Waals surface area (Å²) < 4.78 is 5.46. The van der Waals surface area contributed by atoms with Gasteiger partial charge in [0, 0.05) is 18.8 Å². The Bertz CT molecular complexity index is 1340. The van der Waals surface area contributed by atoms with Gasteiger partial charge in [-0.2, -0.15) is 20.1 Å². The van der Waals surface area contributed by atoms with E-state index in [0.29, 0.717) is 54.2 Å². The SMILES string of the molecule is Clc1ccc(C=NNc2nc(Nc3ccc4ccccc4c3)nc(N3CCOCC3)n2)cc1Cl. The number of aromatic nitrogens is 3. The highest BCUT2D eigenvalue weighted by atomic mass is 35.5. The number of rotatable bonds is 6. The highest BCUT2D eigenvalue weighted by Gasteiger charge is 2.17. The summed E-state index contributed by atoms with van der Waals surface area (Å²) in [6, 6.07) is 19.6. The number of benzene rings is 3. The second kappa shape index (κ2) is 10.2. The molecule has 10 heteroatoms. The maximum Gasteiger partial charge on any atom is 0.250 e. The van der Waals surface area contributed by atoms with Crippen LogP contribution in [-0.4, -0.2) is 47.5 Å². The molecular weight excluding hydrogens is 473 g/mol. The van der Waals surface area contributed by atoms with Crippen LogP contribution in [0.15, 0.2) is 65.8 Å². The van der Waals surface area contributed by atoms with Gasteiger partial charge in [0.05, 0.1) is 29.5 Å². The Labute approximate surface area is 206 Å². The van der Waals surface area contributed by atoms with Crippen molar-refractivity contribution in [1.29, 1.82) is 0 Å². The van der Waals surface area contributed by atoms with E-state index in [1.165, 1.54) is 0 Å². The van der Waals surface area contributed by atoms with Crippen molar-refractivity contribution in [2.45, 2.75) is 0 Å². The third-order valence-electron chi connectivity index (χ3n) is 5.24. The Balaban J connectivity index is 1.41. The monoisotopic (exact) mass is 493 g/mol. The van der Waals surface area contributed by atoms with E-state index < -0.39 is 0 Å². The molecule has 0 aliphatic carbocycles. The molecule has 5 rings (SSSR count). The first-order chi connectivity index (χ1) is 16.6. The van der Waals surface area contributed by atoms with Gasteiger partial charge >= 0.3 is 0 Å². The van der Waals surface area contributed by atoms with Crippen LogP contribution in [0.1, 0.15) is 5.56 Å². The summed E-state index contributed by atoms with van der Waals surface area (Å²) in [5, 5.41) is 10.8. The van der Waals surface area contributed by atoms with E-state index in [9.17, 15) is 0 Å². The molecule has 3 aromatic carbocycles. The lowest BCUT2D eigenvalue weighted by Crippen LogP contribution is -2.37. The van der Waals surface area contributed by atoms with E-state index in [2.05, 4.69) is 60.0 Å². The molecule has 1 aromatic heterocycles. The molecule has 4 aromatic rings. The molecule has 0 bridgehead atoms. The number of fused-ring (bicyclic) bond motifs is 1. The van der Waals surface area contributed by atoms with Crippen molar-refractivity contribution in [2.24, 2.45) is 5.10 Å². The second-order valence-corrected chi connectivity index (χ2v) is 8.43. The van der Waals surface area contributed by atoms with Gasteiger partial charge in [-0.3, -0.25) is 0 Å². The van der Waals surface area contributed by atoms with Gasteiger partial charge < -0.3 is 15.0 Å². The minimum atomic E-state index is 0.316. The largest absolute Gasteiger partial charge is 0.378 e. The zero-order chi connectivity index (χ0) is 23.3. The number of halogens is 2. The van der Waals surface area contributed by atoms with Gasteiger partial charge in [-0.25, -0.2) is 5.43 Å². The molecule has 1 aliphatic rings. The minimum absolute atomic E-state index is 0.316. The lowest BCUT2D eigenvalue weighted by molar-refractivity contribution is 0.122. The quantitative estimate of drug-likeness (QED) is 0.276. The molecule has 8 nitrogen and oxygen atoms in total. The van der Waals surface area contributed by atoms with Gasteiger partial charge in [-0.15, -0.1) is 0 Å². The molecule has 0 saturated carbocycles. The lowest BCUT2D eigenvalue weighted by Gasteiger charge is -2.27. The van der Waals surface area contributed by atoms with E-state index in [1.807, 2.05) is 24.3 Å². The summed E-state index contributed by atoms with van der Waals surface area (Å²) in [5.41, 5.74) is 4.56. The molecule has 1 fully saturated rings. The molecule has 0 spiro atoms. The Kier molecular flexibility index (Phi) is 6.71. The van der Waals surface area contributed by atoms with Crippen molar-refractivity contribution < 1.29 is 4.74 Å². The molecule has 0 atom stereocenters. The number of nitrogens with zero attached hydrogens (tertiary/aromatic N) is 5. The van der Waals surface area contributed by atoms with Crippen molar-refractivity contribution in [3.63, 3.8) is 0 Å². The van der Waals surface area contributed by atoms with Crippen LogP contribution in [0.3, 0.4) is 0 Å². The number of hydrogen-bond donors (Lipinski definition) is 2. The molecule has 1 saturated heterocycles. The third-order valence-corrected chi connectivity index (χ3v) is 5.98. The van der Waals surface area contributed by atoms with E-state index >= 15 is 0 Å². The summed E-state index contributed by atoms with van der Waals surface area (Å²) in [6.07, 6.45) is 1.62. The third kappa shape index (κ3) is 5.36. The first kappa shape index (κ1) is 22.3. The summed E-state index contributed by atoms with van der Waals surface area (Å²) in [7, 11) is 0. The van der Waals surface area contributed by atoms with Crippen LogP contribution in [0.25, 0.3) is 10.8 Å². The van der Waals surface area contributed by atoms with E-state index in [-0.39, 0.29) is 0 Å². The highest BCUT2D eigenvalue weighted by molar-refractivity contribution is 6.42. The summed E-state index contributed by atoms with van der Waals surface area (Å²) >= 11 is 12.1. The van der Waals surface area contributed by atoms with Crippen molar-refractivity contribution in [3.05, 3.63) is 76.3 Å². The van der Waals surface area contributed by atoms with Gasteiger partial charge in [0.15, 0.2) is 0 Å². The Morgan fingerprint density at radius 3 is 2.47 bits per heavy atom. The maximum atomic E-state index is 6.08. The maximum absolute atomic E-state index is 6.08. The molecule has 0 amide bonds. The number of morpholine rings is 1. The van der Waals surface area contributed by atoms with Crippen LogP contribution in [0, 0.1) is 0 Å². The molecular formula is C24H21Cl2N7O. The molecule has 172 valence electrons. The normalized spacial score (nSPS) is 14.0. The molecule has 1 aliphatic heterocycles. The first-order valence-corrected chi connectivity index (χ1v) is 11.5. The van der Waals surface area contributed by atoms with Crippen molar-refractivity contribution >= 4 is 63.7 Å². The molecule has 2 heterocycles. The number of nitrogens with one attached hydrogen (secondary N) is 2. The second-order valence-electron chi connectivity index (χ2n) is 7.61. The van der Waals surface area contributed by atoms with E-state index in [1.54, 1.807) is 18.3 Å². The predicted molar refractivity (Wildman–Crippen MR) is 138 cm³/mol. The van der Waals surface area contributed by atoms with Crippen LogP contribution in [-0.2, 0) is 4.74 Å². The van der Waals surface area contributed by atoms with Gasteiger partial charge in [0.25, 0.3) is 0 Å². The zero-order valence-electron chi connectivity index (χ0n) is 18.1. The van der Waals surface area contributed by atoms with Gasteiger partial charge in [0.2, 0.25) is 17.8 Å². The molecule has 0 radical (unpaired) electrons. The van der Waals surface area contributed by atoms with Crippen molar-refractivity contribution in [2.75, 3.05) is 41.9 Å². The Morgan fingerprint density at radius 1 is 0.853 bits per heavy atom. The van der Waals surface area contributed by atoms with Crippen molar-refractivity contribution in [1.82, 2.24) is 15.0 Å². The van der Waals surface area contributed by atoms with Crippen molar-refractivity contribution in [3.8, 4) is 0 Å². The number of hydrazone groups is 1. The highest BCUT2D eigenvalue weighted by Crippen LogP contribution is 2.24. The van der Waals surface area contributed by atoms with Crippen LogP contribution < -0.4 is 15.6 Å². The number of ether oxygens (including phenoxy) is 1. The fourth-order valence-electron chi connectivity index (χ4n) is 3.53. The Morgan fingerprint density at radius 2 is 1.65 bits per heavy atom. The Hall–Kier alpha value is -3.46. The average Bonchev–Trinajstić information content (AvgIpc) is 2.86. The number of hydrogen-bond acceptors (Lipinski definition) is 8. The molecule has 0 unspecified atom stereocenters. The van der Waals surface area contributed by atoms with E-state index in [0.717, 1.165) is 22.0 Å². The topological polar surface area (TPSA) is 87.6 Å². The summed E-state index contributed by atoms with van der Waals surface area (Å²) in [4.78, 5) is 15.7. The molecule has 34 heavy (non-hydrogen) atoms. The minimum Gasteiger partial charge on any atom is -0.378 e. The fraction of sp³-hybridized carbons (Fsp3) is 0.167. The average molecular weight is 494 g/mol. The first-order valence-electron chi connectivity index (χ1n) is 10.7. The number of anilines is 4. The van der Waals surface area contributed by atoms with Crippen LogP contribution >= 0.6 is 23.2 Å². The smallest absolute Gasteiger partial charge is 0.250 e. The van der Waals surface area contributed by atoms with Crippen LogP contribution in [0.5, 0.6) is 0 Å².